The number of aromatic nitrogens is 3. The summed E-state index contributed by atoms with van der Waals surface area (Å²) in [6.45, 7) is 0. The van der Waals surface area contributed by atoms with Crippen LogP contribution in [0, 0.1) is 0 Å². The van der Waals surface area contributed by atoms with Crippen molar-refractivity contribution in [1.29, 1.82) is 0 Å². The zero-order valence-electron chi connectivity index (χ0n) is 12.0. The van der Waals surface area contributed by atoms with Gasteiger partial charge in [-0.2, -0.15) is 0 Å². The lowest BCUT2D eigenvalue weighted by Crippen LogP contribution is -2.12. The topological polar surface area (TPSA) is 62.7 Å². The second-order valence-electron chi connectivity index (χ2n) is 5.26. The SMILES string of the molecule is Cn1ccc2cc(C(=O)Nc3nc4ccccc4[nH]3)ccc21. The van der Waals surface area contributed by atoms with E-state index in [2.05, 4.69) is 15.3 Å². The van der Waals surface area contributed by atoms with Crippen molar-refractivity contribution in [3.63, 3.8) is 0 Å². The molecule has 2 aromatic carbocycles. The lowest BCUT2D eigenvalue weighted by Gasteiger charge is -2.03. The average molecular weight is 290 g/mol. The Morgan fingerprint density at radius 1 is 1.18 bits per heavy atom. The van der Waals surface area contributed by atoms with Crippen LogP contribution in [0.25, 0.3) is 21.9 Å². The number of H-pyrrole nitrogens is 1. The monoisotopic (exact) mass is 290 g/mol. The van der Waals surface area contributed by atoms with Crippen LogP contribution < -0.4 is 5.32 Å². The number of nitrogens with zero attached hydrogens (tertiary/aromatic N) is 2. The number of fused-ring (bicyclic) bond motifs is 2. The number of aromatic amines is 1. The predicted molar refractivity (Wildman–Crippen MR) is 87.0 cm³/mol. The lowest BCUT2D eigenvalue weighted by atomic mass is 10.1. The van der Waals surface area contributed by atoms with Crippen LogP contribution in [-0.2, 0) is 7.05 Å². The highest BCUT2D eigenvalue weighted by Gasteiger charge is 2.10. The molecule has 0 aliphatic rings. The van der Waals surface area contributed by atoms with Gasteiger partial charge in [0.05, 0.1) is 11.0 Å². The van der Waals surface area contributed by atoms with Gasteiger partial charge in [-0.3, -0.25) is 10.1 Å². The van der Waals surface area contributed by atoms with Crippen molar-refractivity contribution in [3.8, 4) is 0 Å². The van der Waals surface area contributed by atoms with Crippen LogP contribution in [0.2, 0.25) is 0 Å². The zero-order valence-corrected chi connectivity index (χ0v) is 12.0. The maximum absolute atomic E-state index is 12.4. The fourth-order valence-electron chi connectivity index (χ4n) is 2.61. The molecule has 0 saturated carbocycles. The van der Waals surface area contributed by atoms with Crippen LogP contribution in [-0.4, -0.2) is 20.4 Å². The van der Waals surface area contributed by atoms with Gasteiger partial charge in [0.1, 0.15) is 0 Å². The molecule has 0 bridgehead atoms. The molecular weight excluding hydrogens is 276 g/mol. The smallest absolute Gasteiger partial charge is 0.257 e. The van der Waals surface area contributed by atoms with Crippen molar-refractivity contribution in [2.75, 3.05) is 5.32 Å². The molecule has 0 saturated heterocycles. The van der Waals surface area contributed by atoms with Crippen LogP contribution >= 0.6 is 0 Å². The van der Waals surface area contributed by atoms with E-state index in [0.717, 1.165) is 21.9 Å². The third-order valence-electron chi connectivity index (χ3n) is 3.77. The molecule has 4 rings (SSSR count). The van der Waals surface area contributed by atoms with Crippen molar-refractivity contribution in [2.45, 2.75) is 0 Å². The fourth-order valence-corrected chi connectivity index (χ4v) is 2.61. The van der Waals surface area contributed by atoms with Gasteiger partial charge in [-0.15, -0.1) is 0 Å². The highest BCUT2D eigenvalue weighted by Crippen LogP contribution is 2.18. The Morgan fingerprint density at radius 3 is 2.91 bits per heavy atom. The van der Waals surface area contributed by atoms with Gasteiger partial charge < -0.3 is 9.55 Å². The van der Waals surface area contributed by atoms with E-state index in [-0.39, 0.29) is 5.91 Å². The van der Waals surface area contributed by atoms with Crippen LogP contribution in [0.4, 0.5) is 5.95 Å². The Kier molecular flexibility index (Phi) is 2.72. The number of anilines is 1. The lowest BCUT2D eigenvalue weighted by molar-refractivity contribution is 0.102. The van der Waals surface area contributed by atoms with E-state index in [0.29, 0.717) is 11.5 Å². The molecule has 5 heteroatoms. The first kappa shape index (κ1) is 12.6. The number of amides is 1. The second kappa shape index (κ2) is 4.73. The standard InChI is InChI=1S/C17H14N4O/c1-21-9-8-11-10-12(6-7-15(11)21)16(22)20-17-18-13-4-2-3-5-14(13)19-17/h2-10H,1H3,(H2,18,19,20,22). The molecule has 0 unspecified atom stereocenters. The van der Waals surface area contributed by atoms with Crippen molar-refractivity contribution in [3.05, 3.63) is 60.3 Å². The maximum atomic E-state index is 12.4. The first-order valence-electron chi connectivity index (χ1n) is 7.02. The Labute approximate surface area is 126 Å². The summed E-state index contributed by atoms with van der Waals surface area (Å²) < 4.78 is 2.02. The minimum atomic E-state index is -0.176. The minimum Gasteiger partial charge on any atom is -0.351 e. The van der Waals surface area contributed by atoms with E-state index < -0.39 is 0 Å². The number of benzene rings is 2. The number of rotatable bonds is 2. The Bertz CT molecular complexity index is 963. The van der Waals surface area contributed by atoms with Gasteiger partial charge in [0.2, 0.25) is 5.95 Å². The van der Waals surface area contributed by atoms with Gasteiger partial charge in [0.15, 0.2) is 0 Å². The zero-order chi connectivity index (χ0) is 15.1. The first-order chi connectivity index (χ1) is 10.7. The predicted octanol–water partition coefficient (Wildman–Crippen LogP) is 3.31. The molecule has 0 aliphatic carbocycles. The van der Waals surface area contributed by atoms with Crippen LogP contribution in [0.1, 0.15) is 10.4 Å². The number of nitrogens with one attached hydrogen (secondary N) is 2. The molecule has 0 atom stereocenters. The Hall–Kier alpha value is -3.08. The molecule has 5 nitrogen and oxygen atoms in total. The maximum Gasteiger partial charge on any atom is 0.257 e. The molecule has 0 radical (unpaired) electrons. The summed E-state index contributed by atoms with van der Waals surface area (Å²) in [4.78, 5) is 19.8. The largest absolute Gasteiger partial charge is 0.351 e. The second-order valence-corrected chi connectivity index (χ2v) is 5.26. The molecule has 0 aliphatic heterocycles. The van der Waals surface area contributed by atoms with Crippen molar-refractivity contribution < 1.29 is 4.79 Å². The molecule has 108 valence electrons. The fraction of sp³-hybridized carbons (Fsp3) is 0.0588. The summed E-state index contributed by atoms with van der Waals surface area (Å²) in [7, 11) is 1.98. The van der Waals surface area contributed by atoms with Crippen LogP contribution in [0.3, 0.4) is 0 Å². The highest BCUT2D eigenvalue weighted by atomic mass is 16.1. The number of hydrogen-bond donors (Lipinski definition) is 2. The van der Waals surface area contributed by atoms with Crippen LogP contribution in [0.5, 0.6) is 0 Å². The van der Waals surface area contributed by atoms with Crippen molar-refractivity contribution in [1.82, 2.24) is 14.5 Å². The molecule has 2 aromatic heterocycles. The summed E-state index contributed by atoms with van der Waals surface area (Å²) >= 11 is 0. The number of para-hydroxylation sites is 2. The molecule has 2 heterocycles. The van der Waals surface area contributed by atoms with Crippen molar-refractivity contribution >= 4 is 33.8 Å². The molecule has 1 amide bonds. The van der Waals surface area contributed by atoms with E-state index in [1.54, 1.807) is 0 Å². The van der Waals surface area contributed by atoms with E-state index in [1.165, 1.54) is 0 Å². The molecular formula is C17H14N4O. The van der Waals surface area contributed by atoms with Gasteiger partial charge in [0, 0.05) is 29.7 Å². The van der Waals surface area contributed by atoms with Gasteiger partial charge in [-0.25, -0.2) is 4.98 Å². The Morgan fingerprint density at radius 2 is 2.05 bits per heavy atom. The molecule has 0 fully saturated rings. The minimum absolute atomic E-state index is 0.176. The van der Waals surface area contributed by atoms with Gasteiger partial charge >= 0.3 is 0 Å². The summed E-state index contributed by atoms with van der Waals surface area (Å²) in [6.07, 6.45) is 1.98. The third kappa shape index (κ3) is 2.03. The van der Waals surface area contributed by atoms with Gasteiger partial charge in [0.25, 0.3) is 5.91 Å². The third-order valence-corrected chi connectivity index (χ3v) is 3.77. The normalized spacial score (nSPS) is 11.1. The van der Waals surface area contributed by atoms with E-state index in [1.807, 2.05) is 66.3 Å². The molecule has 2 N–H and O–H groups in total. The quantitative estimate of drug-likeness (QED) is 0.595. The van der Waals surface area contributed by atoms with Gasteiger partial charge in [-0.1, -0.05) is 12.1 Å². The first-order valence-corrected chi connectivity index (χ1v) is 7.02. The van der Waals surface area contributed by atoms with E-state index >= 15 is 0 Å². The number of hydrogen-bond acceptors (Lipinski definition) is 2. The number of imidazole rings is 1. The van der Waals surface area contributed by atoms with Crippen molar-refractivity contribution in [2.24, 2.45) is 7.05 Å². The average Bonchev–Trinajstić information content (AvgIpc) is 3.10. The Balaban J connectivity index is 1.64. The molecule has 4 aromatic rings. The van der Waals surface area contributed by atoms with E-state index in [4.69, 9.17) is 0 Å². The van der Waals surface area contributed by atoms with E-state index in [9.17, 15) is 4.79 Å². The summed E-state index contributed by atoms with van der Waals surface area (Å²) in [5.41, 5.74) is 3.44. The molecule has 0 spiro atoms. The number of aryl methyl sites for hydroxylation is 1. The number of carbonyl (C=O) groups excluding carboxylic acids is 1. The summed E-state index contributed by atoms with van der Waals surface area (Å²) in [5.74, 6) is 0.282. The van der Waals surface area contributed by atoms with Gasteiger partial charge in [-0.05, 0) is 36.4 Å². The summed E-state index contributed by atoms with van der Waals surface area (Å²) in [6, 6.07) is 15.3. The number of carbonyl (C=O) groups is 1. The molecule has 22 heavy (non-hydrogen) atoms. The highest BCUT2D eigenvalue weighted by molar-refractivity contribution is 6.06. The van der Waals surface area contributed by atoms with Crippen LogP contribution in [0.15, 0.2) is 54.7 Å². The summed E-state index contributed by atoms with van der Waals surface area (Å²) in [5, 5.41) is 3.85.